The minimum atomic E-state index is 0.104. The van der Waals surface area contributed by atoms with Crippen LogP contribution in [0.2, 0.25) is 0 Å². The molecule has 0 saturated carbocycles. The van der Waals surface area contributed by atoms with Crippen molar-refractivity contribution in [2.75, 3.05) is 32.8 Å². The summed E-state index contributed by atoms with van der Waals surface area (Å²) in [5, 5.41) is 12.0. The number of hydrogen-bond donors (Lipinski definition) is 1. The maximum Gasteiger partial charge on any atom is 0.174 e. The van der Waals surface area contributed by atoms with Crippen molar-refractivity contribution in [2.24, 2.45) is 0 Å². The lowest BCUT2D eigenvalue weighted by molar-refractivity contribution is 0.225. The molecular weight excluding hydrogens is 262 g/mol. The topological polar surface area (TPSA) is 48.3 Å². The van der Waals surface area contributed by atoms with Gasteiger partial charge in [0.2, 0.25) is 0 Å². The van der Waals surface area contributed by atoms with Gasteiger partial charge in [-0.15, -0.1) is 0 Å². The van der Waals surface area contributed by atoms with E-state index in [1.165, 1.54) is 50.9 Å². The molecule has 1 aromatic carbocycles. The fourth-order valence-electron chi connectivity index (χ4n) is 2.70. The number of rotatable bonds is 8. The number of piperidine rings is 1. The molecule has 114 valence electrons. The molecular formula is C17H25N3O. The van der Waals surface area contributed by atoms with Crippen LogP contribution in [0.25, 0.3) is 0 Å². The Morgan fingerprint density at radius 2 is 2.10 bits per heavy atom. The van der Waals surface area contributed by atoms with Gasteiger partial charge in [-0.3, -0.25) is 0 Å². The molecule has 1 saturated heterocycles. The molecule has 2 rings (SSSR count). The molecule has 0 bridgehead atoms. The summed E-state index contributed by atoms with van der Waals surface area (Å²) in [6, 6.07) is 9.92. The van der Waals surface area contributed by atoms with Crippen LogP contribution in [0, 0.1) is 11.3 Å². The van der Waals surface area contributed by atoms with Crippen molar-refractivity contribution in [3.63, 3.8) is 0 Å². The Bertz CT molecular complexity index is 450. The summed E-state index contributed by atoms with van der Waals surface area (Å²) >= 11 is 0. The fourth-order valence-corrected chi connectivity index (χ4v) is 2.70. The minimum absolute atomic E-state index is 0.104. The lowest BCUT2D eigenvalue weighted by Gasteiger charge is -2.26. The monoisotopic (exact) mass is 287 g/mol. The first kappa shape index (κ1) is 15.8. The molecule has 0 amide bonds. The second-order valence-electron chi connectivity index (χ2n) is 5.53. The summed E-state index contributed by atoms with van der Waals surface area (Å²) in [5.41, 5.74) is 1.20. The second-order valence-corrected chi connectivity index (χ2v) is 5.53. The Hall–Kier alpha value is -1.57. The third kappa shape index (κ3) is 6.16. The normalized spacial score (nSPS) is 15.6. The van der Waals surface area contributed by atoms with Gasteiger partial charge in [-0.1, -0.05) is 18.6 Å². The van der Waals surface area contributed by atoms with Crippen molar-refractivity contribution in [3.8, 4) is 11.8 Å². The molecule has 0 unspecified atom stereocenters. The van der Waals surface area contributed by atoms with Gasteiger partial charge in [-0.2, -0.15) is 5.26 Å². The zero-order valence-corrected chi connectivity index (χ0v) is 12.7. The molecule has 0 aliphatic carbocycles. The van der Waals surface area contributed by atoms with E-state index in [9.17, 15) is 0 Å². The summed E-state index contributed by atoms with van der Waals surface area (Å²) in [7, 11) is 0. The molecule has 21 heavy (non-hydrogen) atoms. The summed E-state index contributed by atoms with van der Waals surface area (Å²) in [4.78, 5) is 2.57. The van der Waals surface area contributed by atoms with Crippen LogP contribution in [-0.4, -0.2) is 37.7 Å². The Balaban J connectivity index is 1.60. The Labute approximate surface area is 127 Å². The molecule has 0 radical (unpaired) electrons. The first-order valence-corrected chi connectivity index (χ1v) is 7.90. The predicted molar refractivity (Wildman–Crippen MR) is 84.2 cm³/mol. The van der Waals surface area contributed by atoms with E-state index in [1.54, 1.807) is 0 Å². The van der Waals surface area contributed by atoms with E-state index in [-0.39, 0.29) is 6.61 Å². The lowest BCUT2D eigenvalue weighted by Crippen LogP contribution is -2.32. The third-order valence-corrected chi connectivity index (χ3v) is 3.81. The fraction of sp³-hybridized carbons (Fsp3) is 0.588. The Kier molecular flexibility index (Phi) is 7.06. The highest BCUT2D eigenvalue weighted by atomic mass is 16.5. The summed E-state index contributed by atoms with van der Waals surface area (Å²) in [6.07, 6.45) is 5.33. The number of hydrogen-bond acceptors (Lipinski definition) is 4. The van der Waals surface area contributed by atoms with Gasteiger partial charge in [-0.25, -0.2) is 0 Å². The van der Waals surface area contributed by atoms with E-state index in [4.69, 9.17) is 10.00 Å². The maximum atomic E-state index is 8.51. The number of nitrogens with one attached hydrogen (secondary N) is 1. The molecule has 0 spiro atoms. The van der Waals surface area contributed by atoms with E-state index in [0.29, 0.717) is 0 Å². The van der Waals surface area contributed by atoms with E-state index in [1.807, 2.05) is 24.3 Å². The van der Waals surface area contributed by atoms with E-state index in [0.717, 1.165) is 18.8 Å². The van der Waals surface area contributed by atoms with Crippen LogP contribution in [0.5, 0.6) is 5.75 Å². The molecule has 1 N–H and O–H groups in total. The van der Waals surface area contributed by atoms with Crippen LogP contribution in [0.1, 0.15) is 31.2 Å². The molecule has 1 aromatic rings. The van der Waals surface area contributed by atoms with Gasteiger partial charge in [-0.05, 0) is 63.1 Å². The molecule has 0 aromatic heterocycles. The van der Waals surface area contributed by atoms with Gasteiger partial charge < -0.3 is 15.0 Å². The zero-order valence-electron chi connectivity index (χ0n) is 12.7. The molecule has 4 nitrogen and oxygen atoms in total. The zero-order chi connectivity index (χ0) is 14.8. The molecule has 1 fully saturated rings. The summed E-state index contributed by atoms with van der Waals surface area (Å²) in [6.45, 7) is 5.76. The number of ether oxygens (including phenoxy) is 1. The van der Waals surface area contributed by atoms with Crippen molar-refractivity contribution in [1.29, 1.82) is 5.26 Å². The van der Waals surface area contributed by atoms with Gasteiger partial charge >= 0.3 is 0 Å². The quantitative estimate of drug-likeness (QED) is 0.747. The van der Waals surface area contributed by atoms with Crippen molar-refractivity contribution in [2.45, 2.75) is 32.2 Å². The molecule has 1 aliphatic rings. The smallest absolute Gasteiger partial charge is 0.174 e. The average molecular weight is 287 g/mol. The highest BCUT2D eigenvalue weighted by Gasteiger charge is 2.08. The van der Waals surface area contributed by atoms with Crippen LogP contribution < -0.4 is 10.1 Å². The third-order valence-electron chi connectivity index (χ3n) is 3.81. The van der Waals surface area contributed by atoms with E-state index < -0.39 is 0 Å². The molecule has 1 heterocycles. The van der Waals surface area contributed by atoms with Crippen molar-refractivity contribution < 1.29 is 4.74 Å². The van der Waals surface area contributed by atoms with Gasteiger partial charge in [0.25, 0.3) is 0 Å². The van der Waals surface area contributed by atoms with Crippen molar-refractivity contribution in [3.05, 3.63) is 29.8 Å². The van der Waals surface area contributed by atoms with Crippen LogP contribution in [0.3, 0.4) is 0 Å². The van der Waals surface area contributed by atoms with Gasteiger partial charge in [0.05, 0.1) is 0 Å². The van der Waals surface area contributed by atoms with Gasteiger partial charge in [0.15, 0.2) is 6.61 Å². The number of benzene rings is 1. The van der Waals surface area contributed by atoms with Crippen LogP contribution in [0.4, 0.5) is 0 Å². The van der Waals surface area contributed by atoms with Crippen LogP contribution >= 0.6 is 0 Å². The molecule has 4 heteroatoms. The first-order chi connectivity index (χ1) is 10.4. The maximum absolute atomic E-state index is 8.51. The second kappa shape index (κ2) is 9.38. The SMILES string of the molecule is N#CCOc1cccc(CNCCCN2CCCCC2)c1. The van der Waals surface area contributed by atoms with Gasteiger partial charge in [0.1, 0.15) is 11.8 Å². The van der Waals surface area contributed by atoms with Crippen LogP contribution in [0.15, 0.2) is 24.3 Å². The van der Waals surface area contributed by atoms with E-state index >= 15 is 0 Å². The first-order valence-electron chi connectivity index (χ1n) is 7.90. The number of nitrogens with zero attached hydrogens (tertiary/aromatic N) is 2. The largest absolute Gasteiger partial charge is 0.479 e. The highest BCUT2D eigenvalue weighted by Crippen LogP contribution is 2.13. The Morgan fingerprint density at radius 3 is 2.90 bits per heavy atom. The van der Waals surface area contributed by atoms with E-state index in [2.05, 4.69) is 16.3 Å². The summed E-state index contributed by atoms with van der Waals surface area (Å²) < 4.78 is 5.31. The van der Waals surface area contributed by atoms with Crippen molar-refractivity contribution >= 4 is 0 Å². The van der Waals surface area contributed by atoms with Crippen LogP contribution in [-0.2, 0) is 6.54 Å². The predicted octanol–water partition coefficient (Wildman–Crippen LogP) is 2.55. The molecule has 0 atom stereocenters. The highest BCUT2D eigenvalue weighted by molar-refractivity contribution is 5.28. The van der Waals surface area contributed by atoms with Gasteiger partial charge in [0, 0.05) is 6.54 Å². The summed E-state index contributed by atoms with van der Waals surface area (Å²) in [5.74, 6) is 0.768. The van der Waals surface area contributed by atoms with Crippen molar-refractivity contribution in [1.82, 2.24) is 10.2 Å². The number of likely N-dealkylation sites (tertiary alicyclic amines) is 1. The number of nitriles is 1. The standard InChI is InChI=1S/C17H25N3O/c18-8-13-21-17-7-4-6-16(14-17)15-19-9-5-12-20-10-2-1-3-11-20/h4,6-7,14,19H,1-3,5,9-13,15H2. The minimum Gasteiger partial charge on any atom is -0.479 e. The average Bonchev–Trinajstić information content (AvgIpc) is 2.54. The molecule has 1 aliphatic heterocycles. The Morgan fingerprint density at radius 1 is 1.24 bits per heavy atom. The lowest BCUT2D eigenvalue weighted by atomic mass is 10.1.